The van der Waals surface area contributed by atoms with Crippen molar-refractivity contribution in [1.29, 1.82) is 0 Å². The third-order valence-corrected chi connectivity index (χ3v) is 3.93. The van der Waals surface area contributed by atoms with Crippen LogP contribution in [0.5, 0.6) is 0 Å². The average molecular weight is 281 g/mol. The van der Waals surface area contributed by atoms with Crippen molar-refractivity contribution in [1.82, 2.24) is 0 Å². The maximum absolute atomic E-state index is 12.4. The molecule has 0 aromatic heterocycles. The highest BCUT2D eigenvalue weighted by Gasteiger charge is 2.23. The summed E-state index contributed by atoms with van der Waals surface area (Å²) in [7, 11) is 0. The molecule has 0 atom stereocenters. The summed E-state index contributed by atoms with van der Waals surface area (Å²) < 4.78 is 0.997. The number of Topliss-reactive ketones (excluding diaryl/α,β-unsaturated/α-hetero) is 1. The van der Waals surface area contributed by atoms with Crippen LogP contribution in [-0.2, 0) is 0 Å². The summed E-state index contributed by atoms with van der Waals surface area (Å²) in [6.07, 6.45) is 5.86. The highest BCUT2D eigenvalue weighted by molar-refractivity contribution is 9.10. The van der Waals surface area contributed by atoms with Crippen LogP contribution in [0.4, 0.5) is 0 Å². The van der Waals surface area contributed by atoms with E-state index in [0.29, 0.717) is 5.78 Å². The van der Waals surface area contributed by atoms with E-state index in [2.05, 4.69) is 15.9 Å². The van der Waals surface area contributed by atoms with Gasteiger partial charge in [-0.2, -0.15) is 0 Å². The second-order valence-electron chi connectivity index (χ2n) is 4.66. The molecule has 1 fully saturated rings. The second-order valence-corrected chi connectivity index (χ2v) is 5.57. The lowest BCUT2D eigenvalue weighted by Crippen LogP contribution is -2.18. The lowest BCUT2D eigenvalue weighted by Gasteiger charge is -2.21. The molecule has 0 spiro atoms. The molecule has 1 aromatic carbocycles. The fourth-order valence-corrected chi connectivity index (χ4v) is 2.81. The summed E-state index contributed by atoms with van der Waals surface area (Å²) >= 11 is 3.44. The average Bonchev–Trinajstić information content (AvgIpc) is 2.32. The number of aryl methyl sites for hydroxylation is 1. The van der Waals surface area contributed by atoms with E-state index in [-0.39, 0.29) is 5.92 Å². The van der Waals surface area contributed by atoms with E-state index in [9.17, 15) is 4.79 Å². The molecule has 0 heterocycles. The molecular weight excluding hydrogens is 264 g/mol. The van der Waals surface area contributed by atoms with Gasteiger partial charge in [-0.15, -0.1) is 0 Å². The van der Waals surface area contributed by atoms with E-state index < -0.39 is 0 Å². The molecule has 0 aliphatic heterocycles. The van der Waals surface area contributed by atoms with E-state index in [4.69, 9.17) is 0 Å². The van der Waals surface area contributed by atoms with Crippen LogP contribution in [0.1, 0.15) is 48.0 Å². The Hall–Kier alpha value is -0.630. The van der Waals surface area contributed by atoms with Gasteiger partial charge in [0.25, 0.3) is 0 Å². The minimum absolute atomic E-state index is 0.266. The molecule has 0 bridgehead atoms. The Balaban J connectivity index is 2.22. The second kappa shape index (κ2) is 5.13. The first-order valence-electron chi connectivity index (χ1n) is 5.99. The third-order valence-electron chi connectivity index (χ3n) is 3.44. The lowest BCUT2D eigenvalue weighted by molar-refractivity contribution is 0.0889. The van der Waals surface area contributed by atoms with Gasteiger partial charge in [-0.1, -0.05) is 41.3 Å². The van der Waals surface area contributed by atoms with Gasteiger partial charge < -0.3 is 0 Å². The predicted octanol–water partition coefficient (Wildman–Crippen LogP) is 4.52. The van der Waals surface area contributed by atoms with Crippen LogP contribution in [0.2, 0.25) is 0 Å². The van der Waals surface area contributed by atoms with Gasteiger partial charge in [0.2, 0.25) is 0 Å². The molecule has 1 aliphatic carbocycles. The van der Waals surface area contributed by atoms with Gasteiger partial charge >= 0.3 is 0 Å². The highest BCUT2D eigenvalue weighted by atomic mass is 79.9. The minimum Gasteiger partial charge on any atom is -0.294 e. The Morgan fingerprint density at radius 2 is 1.94 bits per heavy atom. The Labute approximate surface area is 105 Å². The molecule has 0 N–H and O–H groups in total. The van der Waals surface area contributed by atoms with Crippen molar-refractivity contribution in [3.8, 4) is 0 Å². The smallest absolute Gasteiger partial charge is 0.166 e. The zero-order valence-electron chi connectivity index (χ0n) is 9.63. The zero-order chi connectivity index (χ0) is 11.5. The predicted molar refractivity (Wildman–Crippen MR) is 69.8 cm³/mol. The van der Waals surface area contributed by atoms with E-state index in [1.807, 2.05) is 25.1 Å². The van der Waals surface area contributed by atoms with Crippen LogP contribution in [0.15, 0.2) is 22.7 Å². The van der Waals surface area contributed by atoms with Crippen LogP contribution in [-0.4, -0.2) is 5.78 Å². The van der Waals surface area contributed by atoms with Crippen molar-refractivity contribution >= 4 is 21.7 Å². The number of carbonyl (C=O) groups excluding carboxylic acids is 1. The number of ketones is 1. The maximum atomic E-state index is 12.4. The largest absolute Gasteiger partial charge is 0.294 e. The van der Waals surface area contributed by atoms with Gasteiger partial charge in [-0.25, -0.2) is 0 Å². The van der Waals surface area contributed by atoms with Crippen LogP contribution in [0.25, 0.3) is 0 Å². The molecule has 86 valence electrons. The number of benzene rings is 1. The molecule has 1 saturated carbocycles. The van der Waals surface area contributed by atoms with Crippen LogP contribution in [0, 0.1) is 12.8 Å². The fraction of sp³-hybridized carbons (Fsp3) is 0.500. The number of hydrogen-bond donors (Lipinski definition) is 0. The van der Waals surface area contributed by atoms with Crippen molar-refractivity contribution in [2.75, 3.05) is 0 Å². The van der Waals surface area contributed by atoms with E-state index in [1.165, 1.54) is 19.3 Å². The first-order valence-corrected chi connectivity index (χ1v) is 6.78. The van der Waals surface area contributed by atoms with Crippen molar-refractivity contribution in [3.05, 3.63) is 33.8 Å². The SMILES string of the molecule is Cc1ccc(Br)cc1C(=O)C1CCCCC1. The summed E-state index contributed by atoms with van der Waals surface area (Å²) in [6, 6.07) is 5.97. The van der Waals surface area contributed by atoms with Gasteiger partial charge in [0, 0.05) is 16.0 Å². The summed E-state index contributed by atoms with van der Waals surface area (Å²) in [5.74, 6) is 0.611. The first-order chi connectivity index (χ1) is 7.68. The number of hydrogen-bond acceptors (Lipinski definition) is 1. The van der Waals surface area contributed by atoms with E-state index >= 15 is 0 Å². The molecule has 0 unspecified atom stereocenters. The van der Waals surface area contributed by atoms with Crippen molar-refractivity contribution in [3.63, 3.8) is 0 Å². The topological polar surface area (TPSA) is 17.1 Å². The molecule has 0 radical (unpaired) electrons. The summed E-state index contributed by atoms with van der Waals surface area (Å²) in [5.41, 5.74) is 2.00. The molecule has 0 amide bonds. The highest BCUT2D eigenvalue weighted by Crippen LogP contribution is 2.28. The van der Waals surface area contributed by atoms with Gasteiger partial charge in [0.1, 0.15) is 0 Å². The first kappa shape index (κ1) is 11.8. The van der Waals surface area contributed by atoms with Crippen LogP contribution >= 0.6 is 15.9 Å². The maximum Gasteiger partial charge on any atom is 0.166 e. The van der Waals surface area contributed by atoms with Crippen molar-refractivity contribution < 1.29 is 4.79 Å². The van der Waals surface area contributed by atoms with Crippen molar-refractivity contribution in [2.45, 2.75) is 39.0 Å². The Morgan fingerprint density at radius 1 is 1.25 bits per heavy atom. The lowest BCUT2D eigenvalue weighted by atomic mass is 9.83. The summed E-state index contributed by atoms with van der Waals surface area (Å²) in [5, 5.41) is 0. The van der Waals surface area contributed by atoms with Crippen LogP contribution in [0.3, 0.4) is 0 Å². The monoisotopic (exact) mass is 280 g/mol. The quantitative estimate of drug-likeness (QED) is 0.728. The summed E-state index contributed by atoms with van der Waals surface area (Å²) in [4.78, 5) is 12.4. The van der Waals surface area contributed by atoms with Crippen molar-refractivity contribution in [2.24, 2.45) is 5.92 Å². The number of rotatable bonds is 2. The van der Waals surface area contributed by atoms with Gasteiger partial charge in [0.15, 0.2) is 5.78 Å². The molecule has 0 saturated heterocycles. The molecule has 1 aliphatic rings. The Kier molecular flexibility index (Phi) is 3.80. The third kappa shape index (κ3) is 2.54. The number of carbonyl (C=O) groups is 1. The molecule has 2 rings (SSSR count). The standard InChI is InChI=1S/C14H17BrO/c1-10-7-8-12(15)9-13(10)14(16)11-5-3-2-4-6-11/h7-9,11H,2-6H2,1H3. The fourth-order valence-electron chi connectivity index (χ4n) is 2.44. The van der Waals surface area contributed by atoms with Crippen LogP contribution < -0.4 is 0 Å². The van der Waals surface area contributed by atoms with Gasteiger partial charge in [-0.05, 0) is 37.5 Å². The van der Waals surface area contributed by atoms with Gasteiger partial charge in [0.05, 0.1) is 0 Å². The molecule has 1 aromatic rings. The van der Waals surface area contributed by atoms with E-state index in [1.54, 1.807) is 0 Å². The summed E-state index contributed by atoms with van der Waals surface area (Å²) in [6.45, 7) is 2.02. The van der Waals surface area contributed by atoms with Gasteiger partial charge in [-0.3, -0.25) is 4.79 Å². The molecular formula is C14H17BrO. The zero-order valence-corrected chi connectivity index (χ0v) is 11.2. The number of halogens is 1. The van der Waals surface area contributed by atoms with E-state index in [0.717, 1.165) is 28.4 Å². The molecule has 16 heavy (non-hydrogen) atoms. The normalized spacial score (nSPS) is 17.4. The minimum atomic E-state index is 0.266. The molecule has 1 nitrogen and oxygen atoms in total. The molecule has 2 heteroatoms. The Bertz CT molecular complexity index is 392. The Morgan fingerprint density at radius 3 is 2.62 bits per heavy atom.